The lowest BCUT2D eigenvalue weighted by Crippen LogP contribution is -2.38. The summed E-state index contributed by atoms with van der Waals surface area (Å²) >= 11 is 0. The third-order valence-corrected chi connectivity index (χ3v) is 4.73. The van der Waals surface area contributed by atoms with Crippen LogP contribution in [0.1, 0.15) is 61.4 Å². The highest BCUT2D eigenvalue weighted by atomic mass is 16.5. The number of rotatable bonds is 9. The molecule has 0 unspecified atom stereocenters. The van der Waals surface area contributed by atoms with Crippen LogP contribution in [-0.4, -0.2) is 44.7 Å². The second-order valence-corrected chi connectivity index (χ2v) is 6.88. The molecule has 0 aliphatic heterocycles. The SMILES string of the molecule is CCNC(=NCc1ccc(C(=O)NC)cc1)NCCCOC1CCCCC1. The van der Waals surface area contributed by atoms with E-state index in [0.29, 0.717) is 18.2 Å². The molecule has 0 bridgehead atoms. The van der Waals surface area contributed by atoms with Gasteiger partial charge in [0.05, 0.1) is 12.6 Å². The van der Waals surface area contributed by atoms with Crippen molar-refractivity contribution in [1.82, 2.24) is 16.0 Å². The van der Waals surface area contributed by atoms with E-state index in [0.717, 1.165) is 37.6 Å². The number of hydrogen-bond acceptors (Lipinski definition) is 3. The molecule has 1 aliphatic rings. The number of guanidine groups is 1. The fourth-order valence-corrected chi connectivity index (χ4v) is 3.18. The largest absolute Gasteiger partial charge is 0.378 e. The molecule has 27 heavy (non-hydrogen) atoms. The summed E-state index contributed by atoms with van der Waals surface area (Å²) in [4.78, 5) is 16.2. The van der Waals surface area contributed by atoms with Gasteiger partial charge in [0.15, 0.2) is 5.96 Å². The van der Waals surface area contributed by atoms with Gasteiger partial charge in [0.25, 0.3) is 5.91 Å². The van der Waals surface area contributed by atoms with E-state index in [1.54, 1.807) is 7.05 Å². The lowest BCUT2D eigenvalue weighted by Gasteiger charge is -2.22. The number of hydrogen-bond donors (Lipinski definition) is 3. The van der Waals surface area contributed by atoms with Crippen molar-refractivity contribution in [1.29, 1.82) is 0 Å². The lowest BCUT2D eigenvalue weighted by atomic mass is 9.98. The number of ether oxygens (including phenoxy) is 1. The first-order chi connectivity index (χ1) is 13.2. The summed E-state index contributed by atoms with van der Waals surface area (Å²) in [5.41, 5.74) is 1.73. The Morgan fingerprint density at radius 1 is 1.15 bits per heavy atom. The molecule has 1 saturated carbocycles. The van der Waals surface area contributed by atoms with Gasteiger partial charge in [-0.2, -0.15) is 0 Å². The van der Waals surface area contributed by atoms with E-state index in [9.17, 15) is 4.79 Å². The fraction of sp³-hybridized carbons (Fsp3) is 0.619. The molecule has 2 rings (SSSR count). The van der Waals surface area contributed by atoms with Gasteiger partial charge in [0, 0.05) is 32.3 Å². The molecule has 0 spiro atoms. The molecule has 0 saturated heterocycles. The number of aliphatic imine (C=N–C) groups is 1. The summed E-state index contributed by atoms with van der Waals surface area (Å²) in [5, 5.41) is 9.25. The number of benzene rings is 1. The molecule has 0 aromatic heterocycles. The van der Waals surface area contributed by atoms with Gasteiger partial charge in [0.1, 0.15) is 0 Å². The predicted octanol–water partition coefficient (Wildman–Crippen LogP) is 2.84. The van der Waals surface area contributed by atoms with Crippen molar-refractivity contribution >= 4 is 11.9 Å². The second-order valence-electron chi connectivity index (χ2n) is 6.88. The highest BCUT2D eigenvalue weighted by molar-refractivity contribution is 5.93. The number of carbonyl (C=O) groups excluding carboxylic acids is 1. The molecule has 0 radical (unpaired) electrons. The van der Waals surface area contributed by atoms with Crippen molar-refractivity contribution in [3.8, 4) is 0 Å². The first-order valence-electron chi connectivity index (χ1n) is 10.2. The molecule has 6 nitrogen and oxygen atoms in total. The number of nitrogens with one attached hydrogen (secondary N) is 3. The van der Waals surface area contributed by atoms with E-state index in [1.807, 2.05) is 24.3 Å². The van der Waals surface area contributed by atoms with Crippen LogP contribution in [0.25, 0.3) is 0 Å². The third kappa shape index (κ3) is 7.99. The topological polar surface area (TPSA) is 74.8 Å². The Morgan fingerprint density at radius 3 is 2.56 bits per heavy atom. The smallest absolute Gasteiger partial charge is 0.251 e. The van der Waals surface area contributed by atoms with Crippen LogP contribution in [0.5, 0.6) is 0 Å². The van der Waals surface area contributed by atoms with E-state index >= 15 is 0 Å². The Balaban J connectivity index is 1.72. The molecule has 0 heterocycles. The maximum Gasteiger partial charge on any atom is 0.251 e. The average Bonchev–Trinajstić information content (AvgIpc) is 2.72. The summed E-state index contributed by atoms with van der Waals surface area (Å²) in [6.07, 6.45) is 7.86. The number of nitrogens with zero attached hydrogens (tertiary/aromatic N) is 1. The molecular formula is C21H34N4O2. The summed E-state index contributed by atoms with van der Waals surface area (Å²) in [7, 11) is 1.63. The average molecular weight is 375 g/mol. The van der Waals surface area contributed by atoms with Crippen molar-refractivity contribution in [3.05, 3.63) is 35.4 Å². The molecule has 1 aromatic rings. The molecule has 3 N–H and O–H groups in total. The molecule has 1 amide bonds. The van der Waals surface area contributed by atoms with Crippen LogP contribution in [0.15, 0.2) is 29.3 Å². The van der Waals surface area contributed by atoms with Crippen molar-refractivity contribution in [3.63, 3.8) is 0 Å². The van der Waals surface area contributed by atoms with E-state index in [-0.39, 0.29) is 5.91 Å². The monoisotopic (exact) mass is 374 g/mol. The van der Waals surface area contributed by atoms with Gasteiger partial charge in [-0.3, -0.25) is 4.79 Å². The van der Waals surface area contributed by atoms with Crippen LogP contribution in [0.3, 0.4) is 0 Å². The number of amides is 1. The summed E-state index contributed by atoms with van der Waals surface area (Å²) in [6.45, 7) is 5.09. The molecule has 0 atom stereocenters. The molecule has 1 fully saturated rings. The van der Waals surface area contributed by atoms with E-state index in [2.05, 4.69) is 27.9 Å². The Hall–Kier alpha value is -2.08. The molecule has 6 heteroatoms. The zero-order valence-corrected chi connectivity index (χ0v) is 16.7. The normalized spacial score (nSPS) is 15.4. The van der Waals surface area contributed by atoms with Crippen LogP contribution in [-0.2, 0) is 11.3 Å². The van der Waals surface area contributed by atoms with Gasteiger partial charge >= 0.3 is 0 Å². The first-order valence-corrected chi connectivity index (χ1v) is 10.2. The van der Waals surface area contributed by atoms with Crippen molar-refractivity contribution in [2.75, 3.05) is 26.7 Å². The fourth-order valence-electron chi connectivity index (χ4n) is 3.18. The summed E-state index contributed by atoms with van der Waals surface area (Å²) < 4.78 is 5.96. The van der Waals surface area contributed by atoms with Gasteiger partial charge in [-0.05, 0) is 43.9 Å². The minimum atomic E-state index is -0.0736. The first kappa shape index (κ1) is 21.2. The van der Waals surface area contributed by atoms with Crippen LogP contribution in [0, 0.1) is 0 Å². The van der Waals surface area contributed by atoms with Gasteiger partial charge < -0.3 is 20.7 Å². The van der Waals surface area contributed by atoms with Gasteiger partial charge in [-0.25, -0.2) is 4.99 Å². The minimum absolute atomic E-state index is 0.0736. The maximum absolute atomic E-state index is 11.6. The van der Waals surface area contributed by atoms with E-state index in [4.69, 9.17) is 4.74 Å². The third-order valence-electron chi connectivity index (χ3n) is 4.73. The predicted molar refractivity (Wildman–Crippen MR) is 110 cm³/mol. The minimum Gasteiger partial charge on any atom is -0.378 e. The summed E-state index contributed by atoms with van der Waals surface area (Å²) in [6, 6.07) is 7.53. The zero-order valence-electron chi connectivity index (χ0n) is 16.7. The Labute approximate surface area is 163 Å². The Bertz CT molecular complexity index is 580. The lowest BCUT2D eigenvalue weighted by molar-refractivity contribution is 0.0277. The zero-order chi connectivity index (χ0) is 19.3. The number of carbonyl (C=O) groups is 1. The standard InChI is InChI=1S/C21H34N4O2/c1-3-23-21(24-14-7-15-27-19-8-5-4-6-9-19)25-16-17-10-12-18(13-11-17)20(26)22-2/h10-13,19H,3-9,14-16H2,1-2H3,(H,22,26)(H2,23,24,25). The molecular weight excluding hydrogens is 340 g/mol. The molecule has 150 valence electrons. The van der Waals surface area contributed by atoms with Crippen molar-refractivity contribution in [2.45, 2.75) is 58.1 Å². The molecule has 1 aliphatic carbocycles. The maximum atomic E-state index is 11.6. The van der Waals surface area contributed by atoms with Gasteiger partial charge in [0.2, 0.25) is 0 Å². The van der Waals surface area contributed by atoms with Crippen LogP contribution in [0.4, 0.5) is 0 Å². The quantitative estimate of drug-likeness (QED) is 0.353. The Morgan fingerprint density at radius 2 is 1.89 bits per heavy atom. The van der Waals surface area contributed by atoms with Gasteiger partial charge in [-0.1, -0.05) is 31.4 Å². The highest BCUT2D eigenvalue weighted by Crippen LogP contribution is 2.20. The van der Waals surface area contributed by atoms with Crippen molar-refractivity contribution < 1.29 is 9.53 Å². The second kappa shape index (κ2) is 12.3. The highest BCUT2D eigenvalue weighted by Gasteiger charge is 2.13. The van der Waals surface area contributed by atoms with E-state index < -0.39 is 0 Å². The van der Waals surface area contributed by atoms with Crippen LogP contribution < -0.4 is 16.0 Å². The van der Waals surface area contributed by atoms with Gasteiger partial charge in [-0.15, -0.1) is 0 Å². The molecule has 1 aromatic carbocycles. The van der Waals surface area contributed by atoms with Crippen LogP contribution in [0.2, 0.25) is 0 Å². The van der Waals surface area contributed by atoms with Crippen LogP contribution >= 0.6 is 0 Å². The van der Waals surface area contributed by atoms with E-state index in [1.165, 1.54) is 32.1 Å². The Kier molecular flexibility index (Phi) is 9.69. The summed E-state index contributed by atoms with van der Waals surface area (Å²) in [5.74, 6) is 0.737. The van der Waals surface area contributed by atoms with Crippen molar-refractivity contribution in [2.24, 2.45) is 4.99 Å².